The molecule has 0 fully saturated rings. The number of halogens is 2. The second kappa shape index (κ2) is 8.31. The number of hydrogen-bond acceptors (Lipinski definition) is 3. The summed E-state index contributed by atoms with van der Waals surface area (Å²) in [6.07, 6.45) is 5.42. The van der Waals surface area contributed by atoms with Gasteiger partial charge in [-0.05, 0) is 71.8 Å². The molecule has 0 unspecified atom stereocenters. The summed E-state index contributed by atoms with van der Waals surface area (Å²) in [7, 11) is 0. The van der Waals surface area contributed by atoms with E-state index in [1.807, 2.05) is 12.1 Å². The van der Waals surface area contributed by atoms with Crippen molar-refractivity contribution in [3.63, 3.8) is 0 Å². The number of aromatic carboxylic acids is 1. The molecule has 0 saturated heterocycles. The van der Waals surface area contributed by atoms with Crippen molar-refractivity contribution in [3.05, 3.63) is 88.0 Å². The van der Waals surface area contributed by atoms with Crippen LogP contribution in [0.5, 0.6) is 0 Å². The van der Waals surface area contributed by atoms with Gasteiger partial charge < -0.3 is 10.4 Å². The lowest BCUT2D eigenvalue weighted by Gasteiger charge is -2.28. The Labute approximate surface area is 173 Å². The van der Waals surface area contributed by atoms with Gasteiger partial charge >= 0.3 is 5.97 Å². The molecule has 0 radical (unpaired) electrons. The summed E-state index contributed by atoms with van der Waals surface area (Å²) in [6, 6.07) is 12.7. The second-order valence-corrected chi connectivity index (χ2v) is 7.58. The standard InChI is InChI=1S/C23H20ClFN2O2/c24-20-5-2-15(12-21(20)25)14-1-4-18-16(11-14)7-10-27-22(18)6-3-17-13-26-9-8-19(17)23(28)29/h1-2,4-5,8-9,11-13,22,27H,3,6-7,10H2,(H,28,29)/t22-/m0/s1. The lowest BCUT2D eigenvalue weighted by molar-refractivity contribution is 0.0695. The van der Waals surface area contributed by atoms with Gasteiger partial charge in [0.25, 0.3) is 0 Å². The summed E-state index contributed by atoms with van der Waals surface area (Å²) < 4.78 is 13.8. The molecule has 0 bridgehead atoms. The molecule has 148 valence electrons. The van der Waals surface area contributed by atoms with Crippen LogP contribution in [0, 0.1) is 5.82 Å². The van der Waals surface area contributed by atoms with Crippen LogP contribution in [0.15, 0.2) is 54.9 Å². The number of nitrogens with zero attached hydrogens (tertiary/aromatic N) is 1. The summed E-state index contributed by atoms with van der Waals surface area (Å²) in [5.74, 6) is -1.36. The highest BCUT2D eigenvalue weighted by molar-refractivity contribution is 6.30. The van der Waals surface area contributed by atoms with Gasteiger partial charge in [0.1, 0.15) is 5.82 Å². The SMILES string of the molecule is O=C(O)c1ccncc1CC[C@@H]1NCCc2cc(-c3ccc(Cl)c(F)c3)ccc21. The molecule has 1 aromatic heterocycles. The van der Waals surface area contributed by atoms with Crippen LogP contribution in [0.1, 0.15) is 39.5 Å². The van der Waals surface area contributed by atoms with Crippen LogP contribution in [0.3, 0.4) is 0 Å². The van der Waals surface area contributed by atoms with E-state index in [0.29, 0.717) is 12.0 Å². The normalized spacial score (nSPS) is 15.7. The molecule has 2 aromatic carbocycles. The van der Waals surface area contributed by atoms with Gasteiger partial charge in [-0.15, -0.1) is 0 Å². The zero-order valence-corrected chi connectivity index (χ0v) is 16.4. The summed E-state index contributed by atoms with van der Waals surface area (Å²) in [6.45, 7) is 0.842. The molecule has 2 heterocycles. The quantitative estimate of drug-likeness (QED) is 0.617. The first-order valence-electron chi connectivity index (χ1n) is 9.51. The maximum atomic E-state index is 13.8. The van der Waals surface area contributed by atoms with Crippen molar-refractivity contribution < 1.29 is 14.3 Å². The van der Waals surface area contributed by atoms with E-state index in [-0.39, 0.29) is 11.1 Å². The van der Waals surface area contributed by atoms with Gasteiger partial charge in [-0.2, -0.15) is 0 Å². The molecule has 3 aromatic rings. The number of carboxylic acid groups (broad SMARTS) is 1. The highest BCUT2D eigenvalue weighted by Crippen LogP contribution is 2.32. The van der Waals surface area contributed by atoms with E-state index in [1.54, 1.807) is 12.3 Å². The minimum absolute atomic E-state index is 0.118. The molecule has 6 heteroatoms. The molecule has 0 saturated carbocycles. The predicted octanol–water partition coefficient (Wildman–Crippen LogP) is 5.06. The number of aromatic nitrogens is 1. The second-order valence-electron chi connectivity index (χ2n) is 7.18. The van der Waals surface area contributed by atoms with E-state index >= 15 is 0 Å². The fraction of sp³-hybridized carbons (Fsp3) is 0.217. The van der Waals surface area contributed by atoms with Gasteiger partial charge in [-0.3, -0.25) is 4.98 Å². The van der Waals surface area contributed by atoms with E-state index in [0.717, 1.165) is 36.1 Å². The largest absolute Gasteiger partial charge is 0.478 e. The molecular weight excluding hydrogens is 391 g/mol. The number of pyridine rings is 1. The summed E-state index contributed by atoms with van der Waals surface area (Å²) in [5.41, 5.74) is 5.23. The fourth-order valence-electron chi connectivity index (χ4n) is 3.90. The maximum absolute atomic E-state index is 13.8. The third-order valence-electron chi connectivity index (χ3n) is 5.39. The third-order valence-corrected chi connectivity index (χ3v) is 5.70. The number of aryl methyl sites for hydroxylation is 1. The molecule has 4 nitrogen and oxygen atoms in total. The van der Waals surface area contributed by atoms with Crippen molar-refractivity contribution >= 4 is 17.6 Å². The minimum Gasteiger partial charge on any atom is -0.478 e. The number of benzene rings is 2. The van der Waals surface area contributed by atoms with Crippen molar-refractivity contribution in [2.45, 2.75) is 25.3 Å². The Balaban J connectivity index is 1.56. The first kappa shape index (κ1) is 19.6. The van der Waals surface area contributed by atoms with E-state index in [2.05, 4.69) is 22.4 Å². The molecule has 0 amide bonds. The molecule has 0 aliphatic carbocycles. The van der Waals surface area contributed by atoms with Gasteiger partial charge in [0.15, 0.2) is 0 Å². The topological polar surface area (TPSA) is 62.2 Å². The van der Waals surface area contributed by atoms with Crippen LogP contribution < -0.4 is 5.32 Å². The Kier molecular flexibility index (Phi) is 5.60. The minimum atomic E-state index is -0.931. The van der Waals surface area contributed by atoms with E-state index in [9.17, 15) is 14.3 Å². The van der Waals surface area contributed by atoms with Crippen molar-refractivity contribution in [2.24, 2.45) is 0 Å². The van der Waals surface area contributed by atoms with Crippen LogP contribution in [-0.4, -0.2) is 22.6 Å². The van der Waals surface area contributed by atoms with Crippen molar-refractivity contribution in [1.82, 2.24) is 10.3 Å². The molecule has 2 N–H and O–H groups in total. The number of carbonyl (C=O) groups is 1. The average Bonchev–Trinajstić information content (AvgIpc) is 2.74. The smallest absolute Gasteiger partial charge is 0.336 e. The predicted molar refractivity (Wildman–Crippen MR) is 111 cm³/mol. The number of hydrogen-bond donors (Lipinski definition) is 2. The summed E-state index contributed by atoms with van der Waals surface area (Å²) >= 11 is 5.79. The number of carboxylic acids is 1. The Morgan fingerprint density at radius 1 is 1.21 bits per heavy atom. The van der Waals surface area contributed by atoms with Gasteiger partial charge in [-0.1, -0.05) is 35.9 Å². The van der Waals surface area contributed by atoms with Gasteiger partial charge in [0.2, 0.25) is 0 Å². The molecule has 29 heavy (non-hydrogen) atoms. The van der Waals surface area contributed by atoms with E-state index < -0.39 is 11.8 Å². The molecule has 4 rings (SSSR count). The zero-order valence-electron chi connectivity index (χ0n) is 15.7. The van der Waals surface area contributed by atoms with Crippen molar-refractivity contribution in [1.29, 1.82) is 0 Å². The Bertz CT molecular complexity index is 1070. The monoisotopic (exact) mass is 410 g/mol. The number of nitrogens with one attached hydrogen (secondary N) is 1. The van der Waals surface area contributed by atoms with E-state index in [4.69, 9.17) is 11.6 Å². The average molecular weight is 411 g/mol. The van der Waals surface area contributed by atoms with E-state index in [1.165, 1.54) is 29.5 Å². The maximum Gasteiger partial charge on any atom is 0.336 e. The third kappa shape index (κ3) is 4.16. The summed E-state index contributed by atoms with van der Waals surface area (Å²) in [4.78, 5) is 15.5. The van der Waals surface area contributed by atoms with Gasteiger partial charge in [0.05, 0.1) is 10.6 Å². The van der Waals surface area contributed by atoms with Crippen LogP contribution in [0.4, 0.5) is 4.39 Å². The molecule has 0 spiro atoms. The van der Waals surface area contributed by atoms with Crippen LogP contribution in [0.2, 0.25) is 5.02 Å². The molecular formula is C23H20ClFN2O2. The number of rotatable bonds is 5. The molecule has 1 aliphatic heterocycles. The first-order chi connectivity index (χ1) is 14.0. The van der Waals surface area contributed by atoms with Crippen LogP contribution >= 0.6 is 11.6 Å². The lowest BCUT2D eigenvalue weighted by Crippen LogP contribution is -2.30. The Morgan fingerprint density at radius 2 is 2.00 bits per heavy atom. The van der Waals surface area contributed by atoms with Crippen molar-refractivity contribution in [3.8, 4) is 11.1 Å². The Hall–Kier alpha value is -2.76. The van der Waals surface area contributed by atoms with Gasteiger partial charge in [-0.25, -0.2) is 9.18 Å². The fourth-order valence-corrected chi connectivity index (χ4v) is 4.02. The highest BCUT2D eigenvalue weighted by atomic mass is 35.5. The van der Waals surface area contributed by atoms with Crippen molar-refractivity contribution in [2.75, 3.05) is 6.54 Å². The highest BCUT2D eigenvalue weighted by Gasteiger charge is 2.21. The molecule has 1 aliphatic rings. The zero-order chi connectivity index (χ0) is 20.4. The van der Waals surface area contributed by atoms with Crippen LogP contribution in [-0.2, 0) is 12.8 Å². The van der Waals surface area contributed by atoms with Crippen LogP contribution in [0.25, 0.3) is 11.1 Å². The summed E-state index contributed by atoms with van der Waals surface area (Å²) in [5, 5.41) is 13.0. The first-order valence-corrected chi connectivity index (χ1v) is 9.88. The molecule has 1 atom stereocenters. The number of fused-ring (bicyclic) bond motifs is 1. The lowest BCUT2D eigenvalue weighted by atomic mass is 9.88. The van der Waals surface area contributed by atoms with Gasteiger partial charge in [0, 0.05) is 18.4 Å². The Morgan fingerprint density at radius 3 is 2.79 bits per heavy atom.